The Morgan fingerprint density at radius 1 is 1.17 bits per heavy atom. The molecule has 0 bridgehead atoms. The van der Waals surface area contributed by atoms with Crippen LogP contribution < -0.4 is 5.32 Å². The smallest absolute Gasteiger partial charge is 0.230 e. The number of amides is 1. The van der Waals surface area contributed by atoms with E-state index in [0.717, 1.165) is 22.5 Å². The molecule has 1 unspecified atom stereocenters. The van der Waals surface area contributed by atoms with Crippen LogP contribution in [0, 0.1) is 25.1 Å². The molecular formula is C24H27FN2O3. The molecule has 0 radical (unpaired) electrons. The van der Waals surface area contributed by atoms with Crippen LogP contribution in [0.25, 0.3) is 0 Å². The molecule has 0 saturated carbocycles. The number of halogens is 1. The Morgan fingerprint density at radius 3 is 2.70 bits per heavy atom. The normalized spacial score (nSPS) is 20.4. The molecule has 1 fully saturated rings. The fourth-order valence-corrected chi connectivity index (χ4v) is 4.18. The molecule has 6 heteroatoms. The second-order valence-corrected chi connectivity index (χ2v) is 8.33. The third-order valence-electron chi connectivity index (χ3n) is 6.21. The maximum atomic E-state index is 13.6. The van der Waals surface area contributed by atoms with Gasteiger partial charge in [0, 0.05) is 37.3 Å². The lowest BCUT2D eigenvalue weighted by Gasteiger charge is -2.37. The van der Waals surface area contributed by atoms with E-state index in [9.17, 15) is 9.18 Å². The van der Waals surface area contributed by atoms with E-state index in [4.69, 9.17) is 9.57 Å². The van der Waals surface area contributed by atoms with Crippen molar-refractivity contribution < 1.29 is 18.8 Å². The van der Waals surface area contributed by atoms with Crippen LogP contribution in [-0.2, 0) is 14.4 Å². The largest absolute Gasteiger partial charge is 0.392 e. The Bertz CT molecular complexity index is 967. The molecule has 1 N–H and O–H groups in total. The molecule has 0 spiro atoms. The first-order chi connectivity index (χ1) is 14.4. The summed E-state index contributed by atoms with van der Waals surface area (Å²) in [7, 11) is 0. The van der Waals surface area contributed by atoms with Crippen molar-refractivity contribution in [3.63, 3.8) is 0 Å². The highest BCUT2D eigenvalue weighted by Gasteiger charge is 2.43. The van der Waals surface area contributed by atoms with Crippen LogP contribution in [0.4, 0.5) is 10.1 Å². The maximum Gasteiger partial charge on any atom is 0.230 e. The van der Waals surface area contributed by atoms with Crippen LogP contribution in [0.2, 0.25) is 0 Å². The molecular weight excluding hydrogens is 383 g/mol. The SMILES string of the molecule is Cc1ccc(NC(=O)C2(CC3CC(c4cccc(F)c4)=NO3)CCOCC2)cc1C. The van der Waals surface area contributed by atoms with Gasteiger partial charge in [-0.3, -0.25) is 4.79 Å². The van der Waals surface area contributed by atoms with Crippen molar-refractivity contribution in [2.45, 2.75) is 45.6 Å². The number of anilines is 1. The molecule has 2 heterocycles. The zero-order chi connectivity index (χ0) is 21.1. The zero-order valence-corrected chi connectivity index (χ0v) is 17.4. The number of carbonyl (C=O) groups excluding carboxylic acids is 1. The third kappa shape index (κ3) is 4.38. The molecule has 2 aliphatic rings. The first-order valence-corrected chi connectivity index (χ1v) is 10.4. The summed E-state index contributed by atoms with van der Waals surface area (Å²) in [6, 6.07) is 12.3. The van der Waals surface area contributed by atoms with Gasteiger partial charge >= 0.3 is 0 Å². The number of rotatable bonds is 5. The van der Waals surface area contributed by atoms with Gasteiger partial charge in [0.1, 0.15) is 11.9 Å². The van der Waals surface area contributed by atoms with Gasteiger partial charge in [-0.15, -0.1) is 0 Å². The molecule has 1 atom stereocenters. The van der Waals surface area contributed by atoms with E-state index < -0.39 is 5.41 Å². The van der Waals surface area contributed by atoms with Crippen molar-refractivity contribution >= 4 is 17.3 Å². The molecule has 5 nitrogen and oxygen atoms in total. The van der Waals surface area contributed by atoms with Crippen LogP contribution in [-0.4, -0.2) is 30.9 Å². The summed E-state index contributed by atoms with van der Waals surface area (Å²) in [5, 5.41) is 7.28. The highest BCUT2D eigenvalue weighted by Crippen LogP contribution is 2.39. The molecule has 0 aromatic heterocycles. The van der Waals surface area contributed by atoms with Gasteiger partial charge in [0.15, 0.2) is 0 Å². The van der Waals surface area contributed by atoms with Crippen LogP contribution in [0.3, 0.4) is 0 Å². The van der Waals surface area contributed by atoms with E-state index in [2.05, 4.69) is 17.4 Å². The standard InChI is InChI=1S/C24H27FN2O3/c1-16-6-7-20(12-17(16)2)26-23(28)24(8-10-29-11-9-24)15-21-14-22(27-30-21)18-4-3-5-19(25)13-18/h3-7,12-13,21H,8-11,14-15H2,1-2H3,(H,26,28). The molecule has 4 rings (SSSR count). The van der Waals surface area contributed by atoms with Crippen LogP contribution in [0.15, 0.2) is 47.6 Å². The number of aryl methyl sites for hydroxylation is 2. The van der Waals surface area contributed by atoms with E-state index in [1.807, 2.05) is 31.2 Å². The van der Waals surface area contributed by atoms with Gasteiger partial charge in [0.25, 0.3) is 0 Å². The summed E-state index contributed by atoms with van der Waals surface area (Å²) < 4.78 is 19.1. The average Bonchev–Trinajstić information content (AvgIpc) is 3.20. The predicted molar refractivity (Wildman–Crippen MR) is 114 cm³/mol. The minimum absolute atomic E-state index is 0.00291. The van der Waals surface area contributed by atoms with E-state index in [0.29, 0.717) is 38.9 Å². The summed E-state index contributed by atoms with van der Waals surface area (Å²) >= 11 is 0. The highest BCUT2D eigenvalue weighted by atomic mass is 19.1. The van der Waals surface area contributed by atoms with Gasteiger partial charge in [0.2, 0.25) is 5.91 Å². The first-order valence-electron chi connectivity index (χ1n) is 10.4. The molecule has 30 heavy (non-hydrogen) atoms. The topological polar surface area (TPSA) is 59.9 Å². The van der Waals surface area contributed by atoms with Crippen LogP contribution >= 0.6 is 0 Å². The van der Waals surface area contributed by atoms with Gasteiger partial charge in [-0.1, -0.05) is 23.4 Å². The van der Waals surface area contributed by atoms with Crippen molar-refractivity contribution in [2.75, 3.05) is 18.5 Å². The first kappa shape index (κ1) is 20.5. The number of carbonyl (C=O) groups is 1. The van der Waals surface area contributed by atoms with Gasteiger partial charge in [-0.2, -0.15) is 0 Å². The minimum atomic E-state index is -0.575. The lowest BCUT2D eigenvalue weighted by molar-refractivity contribution is -0.134. The summed E-state index contributed by atoms with van der Waals surface area (Å²) in [6.45, 7) is 5.18. The van der Waals surface area contributed by atoms with Crippen molar-refractivity contribution in [1.82, 2.24) is 0 Å². The number of hydrogen-bond donors (Lipinski definition) is 1. The molecule has 1 amide bonds. The molecule has 1 saturated heterocycles. The van der Waals surface area contributed by atoms with Crippen molar-refractivity contribution in [2.24, 2.45) is 10.6 Å². The van der Waals surface area contributed by atoms with E-state index in [-0.39, 0.29) is 17.8 Å². The number of hydrogen-bond acceptors (Lipinski definition) is 4. The van der Waals surface area contributed by atoms with Gasteiger partial charge in [-0.05, 0) is 62.1 Å². The Hall–Kier alpha value is -2.73. The van der Waals surface area contributed by atoms with E-state index in [1.165, 1.54) is 17.7 Å². The van der Waals surface area contributed by atoms with Crippen molar-refractivity contribution in [3.8, 4) is 0 Å². The monoisotopic (exact) mass is 410 g/mol. The quantitative estimate of drug-likeness (QED) is 0.773. The number of oxime groups is 1. The summed E-state index contributed by atoms with van der Waals surface area (Å²) in [5.41, 5.74) is 4.00. The lowest BCUT2D eigenvalue weighted by Crippen LogP contribution is -2.43. The highest BCUT2D eigenvalue weighted by molar-refractivity contribution is 6.01. The number of nitrogens with zero attached hydrogens (tertiary/aromatic N) is 1. The van der Waals surface area contributed by atoms with Crippen LogP contribution in [0.1, 0.15) is 42.4 Å². The van der Waals surface area contributed by atoms with Crippen molar-refractivity contribution in [1.29, 1.82) is 0 Å². The fourth-order valence-electron chi connectivity index (χ4n) is 4.18. The maximum absolute atomic E-state index is 13.6. The fraction of sp³-hybridized carbons (Fsp3) is 0.417. The van der Waals surface area contributed by atoms with Gasteiger partial charge in [-0.25, -0.2) is 4.39 Å². The Morgan fingerprint density at radius 2 is 1.97 bits per heavy atom. The second kappa shape index (κ2) is 8.56. The lowest BCUT2D eigenvalue weighted by atomic mass is 9.74. The van der Waals surface area contributed by atoms with Gasteiger partial charge in [0.05, 0.1) is 11.1 Å². The zero-order valence-electron chi connectivity index (χ0n) is 17.4. The average molecular weight is 410 g/mol. The Labute approximate surface area is 176 Å². The summed E-state index contributed by atoms with van der Waals surface area (Å²) in [4.78, 5) is 19.0. The molecule has 2 aromatic rings. The molecule has 2 aliphatic heterocycles. The minimum Gasteiger partial charge on any atom is -0.392 e. The second-order valence-electron chi connectivity index (χ2n) is 8.33. The Kier molecular flexibility index (Phi) is 5.86. The number of ether oxygens (including phenoxy) is 1. The predicted octanol–water partition coefficient (Wildman–Crippen LogP) is 4.76. The summed E-state index contributed by atoms with van der Waals surface area (Å²) in [5.74, 6) is -0.302. The van der Waals surface area contributed by atoms with E-state index >= 15 is 0 Å². The summed E-state index contributed by atoms with van der Waals surface area (Å²) in [6.07, 6.45) is 2.17. The van der Waals surface area contributed by atoms with Crippen LogP contribution in [0.5, 0.6) is 0 Å². The molecule has 2 aromatic carbocycles. The number of benzene rings is 2. The van der Waals surface area contributed by atoms with Crippen molar-refractivity contribution in [3.05, 3.63) is 65.0 Å². The number of nitrogens with one attached hydrogen (secondary N) is 1. The van der Waals surface area contributed by atoms with Gasteiger partial charge < -0.3 is 14.9 Å². The third-order valence-corrected chi connectivity index (χ3v) is 6.21. The van der Waals surface area contributed by atoms with E-state index in [1.54, 1.807) is 6.07 Å². The Balaban J connectivity index is 1.47. The molecule has 0 aliphatic carbocycles. The molecule has 158 valence electrons.